The summed E-state index contributed by atoms with van der Waals surface area (Å²) < 4.78 is 17.1. The molecule has 0 unspecified atom stereocenters. The average molecular weight is 150 g/mol. The maximum atomic E-state index is 12.6. The second-order valence-electron chi connectivity index (χ2n) is 2.50. The van der Waals surface area contributed by atoms with Crippen LogP contribution in [0, 0.1) is 0 Å². The van der Waals surface area contributed by atoms with Crippen LogP contribution in [0.3, 0.4) is 0 Å². The first-order chi connectivity index (χ1) is 3.92. The molecule has 0 spiro atoms. The van der Waals surface area contributed by atoms with Crippen LogP contribution < -0.4 is 0 Å². The van der Waals surface area contributed by atoms with E-state index >= 15 is 0 Å². The van der Waals surface area contributed by atoms with Gasteiger partial charge < -0.3 is 8.84 Å². The van der Waals surface area contributed by atoms with Crippen molar-refractivity contribution in [2.75, 3.05) is 6.23 Å². The van der Waals surface area contributed by atoms with Crippen molar-refractivity contribution in [1.82, 2.24) is 0 Å². The van der Waals surface area contributed by atoms with E-state index in [4.69, 9.17) is 0 Å². The molecule has 0 amide bonds. The zero-order chi connectivity index (χ0) is 7.49. The van der Waals surface area contributed by atoms with E-state index in [-0.39, 0.29) is 6.23 Å². The largest absolute Gasteiger partial charge is 0.466 e. The molecule has 0 aliphatic rings. The molecular formula is C5H11FO2Si. The monoisotopic (exact) mass is 150 g/mol. The Bertz CT molecular complexity index is 108. The Kier molecular flexibility index (Phi) is 2.83. The van der Waals surface area contributed by atoms with Crippen molar-refractivity contribution in [2.24, 2.45) is 0 Å². The van der Waals surface area contributed by atoms with Gasteiger partial charge in [0.05, 0.1) is 0 Å². The normalized spacial score (nSPS) is 11.1. The zero-order valence-electron chi connectivity index (χ0n) is 5.90. The van der Waals surface area contributed by atoms with Crippen LogP contribution in [-0.4, -0.2) is 20.6 Å². The number of carbonyl (C=O) groups is 1. The summed E-state index contributed by atoms with van der Waals surface area (Å²) >= 11 is 0. The third kappa shape index (κ3) is 7.62. The summed E-state index contributed by atoms with van der Waals surface area (Å²) in [6, 6.07) is 0. The Balaban J connectivity index is 3.39. The van der Waals surface area contributed by atoms with Crippen molar-refractivity contribution in [3.05, 3.63) is 0 Å². The number of hydrogen-bond donors (Lipinski definition) is 0. The highest BCUT2D eigenvalue weighted by Gasteiger charge is 2.21. The summed E-state index contributed by atoms with van der Waals surface area (Å²) in [5.41, 5.74) is 0. The van der Waals surface area contributed by atoms with Crippen molar-refractivity contribution in [2.45, 2.75) is 20.0 Å². The number of hydrogen-bond acceptors (Lipinski definition) is 2. The van der Waals surface area contributed by atoms with Gasteiger partial charge in [0, 0.05) is 6.92 Å². The quantitative estimate of drug-likeness (QED) is 0.336. The standard InChI is InChI=1S/C5H11FO2Si/c1-5(7)8-4-9(2,3)6/h4H2,1-3H3. The molecule has 0 aromatic heterocycles. The smallest absolute Gasteiger partial charge is 0.302 e. The van der Waals surface area contributed by atoms with Gasteiger partial charge in [0.2, 0.25) is 0 Å². The average Bonchev–Trinajstić information content (AvgIpc) is 1.59. The zero-order valence-corrected chi connectivity index (χ0v) is 6.90. The van der Waals surface area contributed by atoms with Gasteiger partial charge in [-0.1, -0.05) is 0 Å². The molecule has 54 valence electrons. The van der Waals surface area contributed by atoms with Crippen LogP contribution in [0.4, 0.5) is 4.11 Å². The molecule has 0 saturated carbocycles. The van der Waals surface area contributed by atoms with E-state index in [1.54, 1.807) is 0 Å². The van der Waals surface area contributed by atoms with E-state index in [2.05, 4.69) is 4.74 Å². The Morgan fingerprint density at radius 2 is 2.11 bits per heavy atom. The third-order valence-corrected chi connectivity index (χ3v) is 1.45. The molecule has 0 aromatic rings. The van der Waals surface area contributed by atoms with E-state index in [1.807, 2.05) is 0 Å². The lowest BCUT2D eigenvalue weighted by atomic mass is 10.8. The van der Waals surface area contributed by atoms with E-state index in [0.29, 0.717) is 0 Å². The molecule has 0 aliphatic carbocycles. The molecule has 0 rings (SSSR count). The van der Waals surface area contributed by atoms with Crippen LogP contribution in [0.15, 0.2) is 0 Å². The van der Waals surface area contributed by atoms with E-state index in [1.165, 1.54) is 20.0 Å². The molecule has 4 heteroatoms. The second kappa shape index (κ2) is 2.96. The highest BCUT2D eigenvalue weighted by molar-refractivity contribution is 6.70. The van der Waals surface area contributed by atoms with Crippen LogP contribution in [-0.2, 0) is 9.53 Å². The van der Waals surface area contributed by atoms with Crippen molar-refractivity contribution < 1.29 is 13.6 Å². The molecule has 0 atom stereocenters. The minimum absolute atomic E-state index is 0.0255. The topological polar surface area (TPSA) is 26.3 Å². The van der Waals surface area contributed by atoms with E-state index in [0.717, 1.165) is 0 Å². The number of halogens is 1. The highest BCUT2D eigenvalue weighted by Crippen LogP contribution is 2.02. The number of ether oxygens (including phenoxy) is 1. The van der Waals surface area contributed by atoms with Gasteiger partial charge in [0.15, 0.2) is 0 Å². The van der Waals surface area contributed by atoms with E-state index < -0.39 is 14.4 Å². The molecule has 0 saturated heterocycles. The number of carbonyl (C=O) groups excluding carboxylic acids is 1. The summed E-state index contributed by atoms with van der Waals surface area (Å²) in [6.45, 7) is 4.27. The first-order valence-corrected chi connectivity index (χ1v) is 5.82. The second-order valence-corrected chi connectivity index (χ2v) is 6.23. The van der Waals surface area contributed by atoms with Crippen LogP contribution in [0.25, 0.3) is 0 Å². The summed E-state index contributed by atoms with van der Waals surface area (Å²) in [5.74, 6) is -0.409. The van der Waals surface area contributed by atoms with Gasteiger partial charge in [-0.3, -0.25) is 4.79 Å². The van der Waals surface area contributed by atoms with Gasteiger partial charge in [-0.05, 0) is 13.1 Å². The van der Waals surface area contributed by atoms with Crippen LogP contribution in [0.1, 0.15) is 6.92 Å². The number of rotatable bonds is 2. The van der Waals surface area contributed by atoms with Gasteiger partial charge in [-0.2, -0.15) is 0 Å². The van der Waals surface area contributed by atoms with Gasteiger partial charge in [0.1, 0.15) is 6.23 Å². The molecule has 0 bridgehead atoms. The summed E-state index contributed by atoms with van der Waals surface area (Å²) in [5, 5.41) is 0. The third-order valence-electron chi connectivity index (χ3n) is 0.619. The predicted octanol–water partition coefficient (Wildman–Crippen LogP) is 1.26. The molecular weight excluding hydrogens is 139 g/mol. The Morgan fingerprint density at radius 1 is 1.67 bits per heavy atom. The molecule has 9 heavy (non-hydrogen) atoms. The molecule has 0 heterocycles. The molecule has 0 N–H and O–H groups in total. The fourth-order valence-corrected chi connectivity index (χ4v) is 0.820. The fraction of sp³-hybridized carbons (Fsp3) is 0.800. The molecule has 0 aliphatic heterocycles. The highest BCUT2D eigenvalue weighted by atomic mass is 28.4. The molecule has 2 nitrogen and oxygen atoms in total. The Hall–Kier alpha value is -0.383. The first kappa shape index (κ1) is 8.62. The van der Waals surface area contributed by atoms with Crippen molar-refractivity contribution in [3.8, 4) is 0 Å². The van der Waals surface area contributed by atoms with Crippen LogP contribution in [0.5, 0.6) is 0 Å². The van der Waals surface area contributed by atoms with Gasteiger partial charge in [-0.15, -0.1) is 0 Å². The lowest BCUT2D eigenvalue weighted by molar-refractivity contribution is -0.139. The van der Waals surface area contributed by atoms with Crippen molar-refractivity contribution >= 4 is 14.4 Å². The fourth-order valence-electron chi connectivity index (χ4n) is 0.273. The van der Waals surface area contributed by atoms with Crippen LogP contribution >= 0.6 is 0 Å². The van der Waals surface area contributed by atoms with Gasteiger partial charge in [0.25, 0.3) is 8.41 Å². The molecule has 0 aromatic carbocycles. The Labute approximate surface area is 55.2 Å². The molecule has 0 fully saturated rings. The van der Waals surface area contributed by atoms with Crippen molar-refractivity contribution in [1.29, 1.82) is 0 Å². The summed E-state index contributed by atoms with van der Waals surface area (Å²) in [6.07, 6.45) is -0.0255. The lowest BCUT2D eigenvalue weighted by Crippen LogP contribution is -2.27. The number of esters is 1. The maximum absolute atomic E-state index is 12.6. The predicted molar refractivity (Wildman–Crippen MR) is 35.2 cm³/mol. The summed E-state index contributed by atoms with van der Waals surface area (Å²) in [7, 11) is -2.66. The Morgan fingerprint density at radius 3 is 2.22 bits per heavy atom. The minimum Gasteiger partial charge on any atom is -0.466 e. The summed E-state index contributed by atoms with van der Waals surface area (Å²) in [4.78, 5) is 10.1. The first-order valence-electron chi connectivity index (χ1n) is 2.74. The van der Waals surface area contributed by atoms with E-state index in [9.17, 15) is 8.90 Å². The minimum atomic E-state index is -2.66. The van der Waals surface area contributed by atoms with Crippen LogP contribution in [0.2, 0.25) is 13.1 Å². The lowest BCUT2D eigenvalue weighted by Gasteiger charge is -2.09. The SMILES string of the molecule is CC(=O)OC[Si](C)(C)F. The van der Waals surface area contributed by atoms with Crippen molar-refractivity contribution in [3.63, 3.8) is 0 Å². The van der Waals surface area contributed by atoms with Gasteiger partial charge in [-0.25, -0.2) is 0 Å². The molecule has 0 radical (unpaired) electrons. The maximum Gasteiger partial charge on any atom is 0.302 e. The van der Waals surface area contributed by atoms with Gasteiger partial charge >= 0.3 is 5.97 Å².